The van der Waals surface area contributed by atoms with E-state index in [0.29, 0.717) is 0 Å². The average Bonchev–Trinajstić information content (AvgIpc) is 2.90. The van der Waals surface area contributed by atoms with E-state index in [1.54, 1.807) is 6.20 Å². The molecular formula is C15H12FN3O2. The number of rotatable bonds is 2. The van der Waals surface area contributed by atoms with Crippen molar-refractivity contribution in [1.29, 1.82) is 0 Å². The van der Waals surface area contributed by atoms with Crippen LogP contribution in [-0.4, -0.2) is 22.9 Å². The summed E-state index contributed by atoms with van der Waals surface area (Å²) in [5, 5.41) is 5.03. The summed E-state index contributed by atoms with van der Waals surface area (Å²) in [6.07, 6.45) is 1.63. The maximum Gasteiger partial charge on any atom is 0.340 e. The highest BCUT2D eigenvalue weighted by Crippen LogP contribution is 2.25. The first-order valence-electron chi connectivity index (χ1n) is 6.22. The Labute approximate surface area is 119 Å². The second kappa shape index (κ2) is 4.90. The molecule has 0 saturated heterocycles. The highest BCUT2D eigenvalue weighted by atomic mass is 19.1. The number of esters is 1. The number of para-hydroxylation sites is 1. The molecule has 1 aromatic heterocycles. The van der Waals surface area contributed by atoms with Gasteiger partial charge in [0, 0.05) is 11.1 Å². The summed E-state index contributed by atoms with van der Waals surface area (Å²) in [5.74, 6) is -1.18. The van der Waals surface area contributed by atoms with Gasteiger partial charge in [-0.2, -0.15) is 5.10 Å². The molecule has 0 saturated carbocycles. The van der Waals surface area contributed by atoms with Crippen LogP contribution in [0.15, 0.2) is 42.6 Å². The van der Waals surface area contributed by atoms with Crippen LogP contribution in [0.5, 0.6) is 0 Å². The van der Waals surface area contributed by atoms with Gasteiger partial charge in [-0.15, -0.1) is 0 Å². The minimum absolute atomic E-state index is 0.0274. The van der Waals surface area contributed by atoms with Gasteiger partial charge in [-0.05, 0) is 18.2 Å². The number of carbonyl (C=O) groups is 1. The number of hydrogen-bond donors (Lipinski definition) is 1. The van der Waals surface area contributed by atoms with Crippen molar-refractivity contribution in [2.75, 3.05) is 12.8 Å². The van der Waals surface area contributed by atoms with Gasteiger partial charge in [-0.25, -0.2) is 13.9 Å². The molecule has 1 heterocycles. The van der Waals surface area contributed by atoms with E-state index >= 15 is 0 Å². The van der Waals surface area contributed by atoms with Crippen LogP contribution in [0.3, 0.4) is 0 Å². The summed E-state index contributed by atoms with van der Waals surface area (Å²) < 4.78 is 20.3. The molecule has 0 amide bonds. The summed E-state index contributed by atoms with van der Waals surface area (Å²) in [7, 11) is 1.24. The van der Waals surface area contributed by atoms with Crippen LogP contribution in [0, 0.1) is 5.82 Å². The van der Waals surface area contributed by atoms with E-state index in [0.717, 1.165) is 17.0 Å². The molecular weight excluding hydrogens is 273 g/mol. The quantitative estimate of drug-likeness (QED) is 0.580. The topological polar surface area (TPSA) is 70.1 Å². The maximum atomic E-state index is 14.2. The van der Waals surface area contributed by atoms with Crippen LogP contribution in [0.4, 0.5) is 10.1 Å². The zero-order valence-electron chi connectivity index (χ0n) is 11.2. The molecule has 106 valence electrons. The van der Waals surface area contributed by atoms with E-state index in [-0.39, 0.29) is 16.9 Å². The van der Waals surface area contributed by atoms with Gasteiger partial charge in [-0.1, -0.05) is 18.2 Å². The number of methoxy groups -OCH3 is 1. The highest BCUT2D eigenvalue weighted by Gasteiger charge is 2.17. The summed E-state index contributed by atoms with van der Waals surface area (Å²) in [6, 6.07) is 9.82. The van der Waals surface area contributed by atoms with Crippen LogP contribution >= 0.6 is 0 Å². The summed E-state index contributed by atoms with van der Waals surface area (Å²) >= 11 is 0. The van der Waals surface area contributed by atoms with Crippen LogP contribution in [-0.2, 0) is 4.74 Å². The Kier molecular flexibility index (Phi) is 3.06. The monoisotopic (exact) mass is 285 g/mol. The molecule has 0 fully saturated rings. The lowest BCUT2D eigenvalue weighted by Crippen LogP contribution is -2.09. The number of nitrogen functional groups attached to an aromatic ring is 1. The Hall–Kier alpha value is -2.89. The third-order valence-electron chi connectivity index (χ3n) is 3.23. The molecule has 6 heteroatoms. The molecule has 0 atom stereocenters. The van der Waals surface area contributed by atoms with Gasteiger partial charge < -0.3 is 10.5 Å². The zero-order chi connectivity index (χ0) is 15.0. The number of fused-ring (bicyclic) bond motifs is 1. The molecule has 0 unspecified atom stereocenters. The molecule has 2 aromatic carbocycles. The van der Waals surface area contributed by atoms with Crippen LogP contribution in [0.25, 0.3) is 16.6 Å². The maximum absolute atomic E-state index is 14.2. The van der Waals surface area contributed by atoms with E-state index in [9.17, 15) is 9.18 Å². The third kappa shape index (κ3) is 2.10. The lowest BCUT2D eigenvalue weighted by molar-refractivity contribution is 0.0602. The second-order valence-electron chi connectivity index (χ2n) is 4.50. The first-order chi connectivity index (χ1) is 10.1. The largest absolute Gasteiger partial charge is 0.465 e. The minimum Gasteiger partial charge on any atom is -0.465 e. The number of benzene rings is 2. The minimum atomic E-state index is -0.620. The summed E-state index contributed by atoms with van der Waals surface area (Å²) in [6.45, 7) is 0. The Morgan fingerprint density at radius 3 is 2.86 bits per heavy atom. The number of nitrogens with two attached hydrogens (primary N) is 1. The van der Waals surface area contributed by atoms with Crippen LogP contribution < -0.4 is 5.73 Å². The van der Waals surface area contributed by atoms with Crippen molar-refractivity contribution in [2.24, 2.45) is 0 Å². The van der Waals surface area contributed by atoms with E-state index in [4.69, 9.17) is 5.73 Å². The number of nitrogens with zero attached hydrogens (tertiary/aromatic N) is 2. The number of anilines is 1. The van der Waals surface area contributed by atoms with Gasteiger partial charge in [0.2, 0.25) is 0 Å². The number of hydrogen-bond acceptors (Lipinski definition) is 4. The fourth-order valence-electron chi connectivity index (χ4n) is 2.19. The first kappa shape index (κ1) is 13.1. The van der Waals surface area contributed by atoms with Crippen LogP contribution in [0.2, 0.25) is 0 Å². The van der Waals surface area contributed by atoms with Crippen molar-refractivity contribution in [2.45, 2.75) is 0 Å². The molecule has 0 bridgehead atoms. The Morgan fingerprint density at radius 1 is 1.33 bits per heavy atom. The Morgan fingerprint density at radius 2 is 2.10 bits per heavy atom. The molecule has 0 aliphatic rings. The normalized spacial score (nSPS) is 10.8. The number of ether oxygens (including phenoxy) is 1. The van der Waals surface area contributed by atoms with E-state index in [2.05, 4.69) is 9.84 Å². The number of aromatic nitrogens is 2. The van der Waals surface area contributed by atoms with Gasteiger partial charge in [0.1, 0.15) is 5.69 Å². The third-order valence-corrected chi connectivity index (χ3v) is 3.23. The van der Waals surface area contributed by atoms with Crippen LogP contribution in [0.1, 0.15) is 10.4 Å². The van der Waals surface area contributed by atoms with Gasteiger partial charge >= 0.3 is 5.97 Å². The average molecular weight is 285 g/mol. The van der Waals surface area contributed by atoms with Crippen molar-refractivity contribution >= 4 is 22.6 Å². The zero-order valence-corrected chi connectivity index (χ0v) is 11.2. The van der Waals surface area contributed by atoms with Gasteiger partial charge in [0.15, 0.2) is 5.82 Å². The van der Waals surface area contributed by atoms with Gasteiger partial charge in [0.05, 0.1) is 24.4 Å². The lowest BCUT2D eigenvalue weighted by atomic mass is 10.1. The molecule has 5 nitrogen and oxygen atoms in total. The van der Waals surface area contributed by atoms with E-state index in [1.165, 1.54) is 17.9 Å². The van der Waals surface area contributed by atoms with Crippen molar-refractivity contribution in [3.05, 3.63) is 54.0 Å². The predicted octanol–water partition coefficient (Wildman–Crippen LogP) is 2.53. The van der Waals surface area contributed by atoms with Crippen molar-refractivity contribution in [3.63, 3.8) is 0 Å². The van der Waals surface area contributed by atoms with Gasteiger partial charge in [-0.3, -0.25) is 0 Å². The molecule has 3 rings (SSSR count). The SMILES string of the molecule is COC(=O)c1cc(-n2ncc3ccccc32)c(F)cc1N. The highest BCUT2D eigenvalue weighted by molar-refractivity contribution is 5.96. The number of halogens is 1. The lowest BCUT2D eigenvalue weighted by Gasteiger charge is -2.09. The molecule has 21 heavy (non-hydrogen) atoms. The second-order valence-corrected chi connectivity index (χ2v) is 4.50. The van der Waals surface area contributed by atoms with Crippen molar-refractivity contribution in [1.82, 2.24) is 9.78 Å². The standard InChI is InChI=1S/C15H12FN3O2/c1-21-15(20)10-6-14(11(16)7-12(10)17)19-13-5-3-2-4-9(13)8-18-19/h2-8H,17H2,1H3. The first-order valence-corrected chi connectivity index (χ1v) is 6.22. The molecule has 0 aliphatic heterocycles. The summed E-state index contributed by atoms with van der Waals surface area (Å²) in [4.78, 5) is 11.7. The van der Waals surface area contributed by atoms with Gasteiger partial charge in [0.25, 0.3) is 0 Å². The fraction of sp³-hybridized carbons (Fsp3) is 0.0667. The predicted molar refractivity (Wildman–Crippen MR) is 76.8 cm³/mol. The molecule has 0 radical (unpaired) electrons. The molecule has 0 spiro atoms. The summed E-state index contributed by atoms with van der Waals surface area (Å²) in [5.41, 5.74) is 6.67. The van der Waals surface area contributed by atoms with E-state index < -0.39 is 11.8 Å². The smallest absolute Gasteiger partial charge is 0.340 e. The van der Waals surface area contributed by atoms with E-state index in [1.807, 2.05) is 24.3 Å². The molecule has 2 N–H and O–H groups in total. The van der Waals surface area contributed by atoms with Crippen molar-refractivity contribution < 1.29 is 13.9 Å². The van der Waals surface area contributed by atoms with Crippen molar-refractivity contribution in [3.8, 4) is 5.69 Å². The molecule has 0 aliphatic carbocycles. The fourth-order valence-corrected chi connectivity index (χ4v) is 2.19. The Bertz CT molecular complexity index is 842. The Balaban J connectivity index is 2.25. The molecule has 3 aromatic rings. The number of carbonyl (C=O) groups excluding carboxylic acids is 1.